The van der Waals surface area contributed by atoms with Crippen LogP contribution in [0.2, 0.25) is 0 Å². The summed E-state index contributed by atoms with van der Waals surface area (Å²) < 4.78 is 0. The van der Waals surface area contributed by atoms with Gasteiger partial charge in [0.2, 0.25) is 0 Å². The van der Waals surface area contributed by atoms with Crippen molar-refractivity contribution in [3.8, 4) is 0 Å². The number of aryl methyl sites for hydroxylation is 5. The molecule has 0 heterocycles. The lowest BCUT2D eigenvalue weighted by molar-refractivity contribution is 0.685. The molecular weight excluding hydrogens is 242 g/mol. The molecular formula is C19H25N. The van der Waals surface area contributed by atoms with Crippen molar-refractivity contribution in [2.24, 2.45) is 0 Å². The van der Waals surface area contributed by atoms with Gasteiger partial charge in [0, 0.05) is 0 Å². The van der Waals surface area contributed by atoms with Gasteiger partial charge in [0.1, 0.15) is 0 Å². The summed E-state index contributed by atoms with van der Waals surface area (Å²) >= 11 is 0. The Morgan fingerprint density at radius 1 is 0.700 bits per heavy atom. The zero-order valence-corrected chi connectivity index (χ0v) is 13.5. The third kappa shape index (κ3) is 2.94. The van der Waals surface area contributed by atoms with Gasteiger partial charge in [0.05, 0.1) is 6.04 Å². The molecule has 0 amide bonds. The van der Waals surface area contributed by atoms with Crippen LogP contribution in [0.15, 0.2) is 30.3 Å². The molecule has 0 saturated carbocycles. The van der Waals surface area contributed by atoms with Crippen LogP contribution in [-0.4, -0.2) is 7.05 Å². The monoisotopic (exact) mass is 267 g/mol. The summed E-state index contributed by atoms with van der Waals surface area (Å²) in [6.45, 7) is 10.9. The van der Waals surface area contributed by atoms with Gasteiger partial charge in [-0.1, -0.05) is 41.5 Å². The van der Waals surface area contributed by atoms with Gasteiger partial charge in [0.25, 0.3) is 0 Å². The minimum Gasteiger partial charge on any atom is -0.309 e. The summed E-state index contributed by atoms with van der Waals surface area (Å²) in [4.78, 5) is 0. The second-order valence-corrected chi connectivity index (χ2v) is 5.94. The summed E-state index contributed by atoms with van der Waals surface area (Å²) in [5, 5.41) is 3.48. The minimum atomic E-state index is 0.257. The molecule has 0 aromatic heterocycles. The maximum atomic E-state index is 3.48. The van der Waals surface area contributed by atoms with E-state index in [1.54, 1.807) is 0 Å². The second kappa shape index (κ2) is 5.80. The Morgan fingerprint density at radius 2 is 1.25 bits per heavy atom. The highest BCUT2D eigenvalue weighted by Crippen LogP contribution is 2.28. The minimum absolute atomic E-state index is 0.257. The number of hydrogen-bond acceptors (Lipinski definition) is 1. The van der Waals surface area contributed by atoms with Gasteiger partial charge < -0.3 is 5.32 Å². The molecule has 0 aliphatic heterocycles. The van der Waals surface area contributed by atoms with Crippen LogP contribution in [0.3, 0.4) is 0 Å². The van der Waals surface area contributed by atoms with Gasteiger partial charge >= 0.3 is 0 Å². The molecule has 1 atom stereocenters. The van der Waals surface area contributed by atoms with Crippen molar-refractivity contribution >= 4 is 0 Å². The average molecular weight is 267 g/mol. The lowest BCUT2D eigenvalue weighted by atomic mass is 9.90. The Balaban J connectivity index is 2.55. The molecule has 106 valence electrons. The molecule has 2 rings (SSSR count). The molecule has 2 aromatic rings. The van der Waals surface area contributed by atoms with Crippen molar-refractivity contribution in [1.82, 2.24) is 5.32 Å². The summed E-state index contributed by atoms with van der Waals surface area (Å²) in [6.07, 6.45) is 0. The molecule has 1 nitrogen and oxygen atoms in total. The van der Waals surface area contributed by atoms with Crippen molar-refractivity contribution in [3.63, 3.8) is 0 Å². The fourth-order valence-electron chi connectivity index (χ4n) is 2.97. The molecule has 0 spiro atoms. The van der Waals surface area contributed by atoms with Crippen molar-refractivity contribution in [3.05, 3.63) is 69.3 Å². The van der Waals surface area contributed by atoms with Crippen LogP contribution in [0.25, 0.3) is 0 Å². The Hall–Kier alpha value is -1.60. The molecule has 0 aliphatic carbocycles. The van der Waals surface area contributed by atoms with Crippen LogP contribution < -0.4 is 5.32 Å². The first-order valence-electron chi connectivity index (χ1n) is 7.25. The van der Waals surface area contributed by atoms with Gasteiger partial charge in [-0.25, -0.2) is 0 Å². The maximum Gasteiger partial charge on any atom is 0.0577 e. The molecule has 1 N–H and O–H groups in total. The van der Waals surface area contributed by atoms with Crippen LogP contribution in [-0.2, 0) is 0 Å². The highest BCUT2D eigenvalue weighted by atomic mass is 14.9. The smallest absolute Gasteiger partial charge is 0.0577 e. The third-order valence-electron chi connectivity index (χ3n) is 4.06. The van der Waals surface area contributed by atoms with E-state index in [2.05, 4.69) is 70.3 Å². The van der Waals surface area contributed by atoms with Gasteiger partial charge in [-0.2, -0.15) is 0 Å². The predicted octanol–water partition coefficient (Wildman–Crippen LogP) is 4.54. The lowest BCUT2D eigenvalue weighted by Gasteiger charge is -2.22. The quantitative estimate of drug-likeness (QED) is 0.861. The first kappa shape index (κ1) is 14.8. The normalized spacial score (nSPS) is 12.5. The van der Waals surface area contributed by atoms with Gasteiger partial charge in [0.15, 0.2) is 0 Å². The van der Waals surface area contributed by atoms with E-state index < -0.39 is 0 Å². The SMILES string of the molecule is CNC(c1cc(C)cc(C)c1)c1cc(C)c(C)cc1C. The van der Waals surface area contributed by atoms with Crippen LogP contribution >= 0.6 is 0 Å². The fraction of sp³-hybridized carbons (Fsp3) is 0.368. The van der Waals surface area contributed by atoms with Gasteiger partial charge in [-0.15, -0.1) is 0 Å². The number of nitrogens with one attached hydrogen (secondary N) is 1. The van der Waals surface area contributed by atoms with E-state index in [-0.39, 0.29) is 6.04 Å². The van der Waals surface area contributed by atoms with E-state index in [1.807, 2.05) is 7.05 Å². The summed E-state index contributed by atoms with van der Waals surface area (Å²) in [5.41, 5.74) is 9.43. The Labute approximate surface area is 123 Å². The van der Waals surface area contributed by atoms with E-state index in [4.69, 9.17) is 0 Å². The van der Waals surface area contributed by atoms with E-state index in [0.717, 1.165) is 0 Å². The largest absolute Gasteiger partial charge is 0.309 e. The van der Waals surface area contributed by atoms with Crippen molar-refractivity contribution in [1.29, 1.82) is 0 Å². The van der Waals surface area contributed by atoms with Gasteiger partial charge in [-0.3, -0.25) is 0 Å². The van der Waals surface area contributed by atoms with E-state index in [9.17, 15) is 0 Å². The number of rotatable bonds is 3. The van der Waals surface area contributed by atoms with Crippen LogP contribution in [0.1, 0.15) is 45.0 Å². The first-order valence-corrected chi connectivity index (χ1v) is 7.25. The van der Waals surface area contributed by atoms with Crippen molar-refractivity contribution in [2.45, 2.75) is 40.7 Å². The van der Waals surface area contributed by atoms with Gasteiger partial charge in [-0.05, 0) is 69.5 Å². The Bertz CT molecular complexity index is 606. The highest BCUT2D eigenvalue weighted by Gasteiger charge is 2.15. The molecule has 1 unspecified atom stereocenters. The highest BCUT2D eigenvalue weighted by molar-refractivity contribution is 5.43. The third-order valence-corrected chi connectivity index (χ3v) is 4.06. The van der Waals surface area contributed by atoms with Crippen molar-refractivity contribution < 1.29 is 0 Å². The Kier molecular flexibility index (Phi) is 4.29. The van der Waals surface area contributed by atoms with E-state index >= 15 is 0 Å². The maximum absolute atomic E-state index is 3.48. The molecule has 0 fully saturated rings. The molecule has 0 radical (unpaired) electrons. The van der Waals surface area contributed by atoms with E-state index in [1.165, 1.54) is 38.9 Å². The lowest BCUT2D eigenvalue weighted by Crippen LogP contribution is -2.19. The fourth-order valence-corrected chi connectivity index (χ4v) is 2.97. The molecule has 0 bridgehead atoms. The molecule has 2 aromatic carbocycles. The van der Waals surface area contributed by atoms with Crippen LogP contribution in [0.5, 0.6) is 0 Å². The Morgan fingerprint density at radius 3 is 1.80 bits per heavy atom. The van der Waals surface area contributed by atoms with Crippen LogP contribution in [0, 0.1) is 34.6 Å². The van der Waals surface area contributed by atoms with E-state index in [0.29, 0.717) is 0 Å². The summed E-state index contributed by atoms with van der Waals surface area (Å²) in [7, 11) is 2.04. The number of benzene rings is 2. The second-order valence-electron chi connectivity index (χ2n) is 5.94. The zero-order chi connectivity index (χ0) is 14.9. The molecule has 0 aliphatic rings. The average Bonchev–Trinajstić information content (AvgIpc) is 2.35. The molecule has 0 saturated heterocycles. The molecule has 1 heteroatoms. The number of hydrogen-bond donors (Lipinski definition) is 1. The topological polar surface area (TPSA) is 12.0 Å². The summed E-state index contributed by atoms with van der Waals surface area (Å²) in [5.74, 6) is 0. The predicted molar refractivity (Wildman–Crippen MR) is 87.5 cm³/mol. The standard InChI is InChI=1S/C19H25N/c1-12-7-13(2)9-17(8-12)19(20-6)18-11-15(4)14(3)10-16(18)5/h7-11,19-20H,1-6H3. The van der Waals surface area contributed by atoms with Crippen molar-refractivity contribution in [2.75, 3.05) is 7.05 Å². The zero-order valence-electron chi connectivity index (χ0n) is 13.5. The summed E-state index contributed by atoms with van der Waals surface area (Å²) in [6, 6.07) is 11.7. The first-order chi connectivity index (χ1) is 9.42. The molecule has 20 heavy (non-hydrogen) atoms. The van der Waals surface area contributed by atoms with Crippen LogP contribution in [0.4, 0.5) is 0 Å².